The van der Waals surface area contributed by atoms with Crippen LogP contribution in [0.3, 0.4) is 0 Å². The predicted octanol–water partition coefficient (Wildman–Crippen LogP) is 1.02. The molecule has 2 heterocycles. The number of carbonyl (C=O) groups excluding carboxylic acids is 1. The van der Waals surface area contributed by atoms with Gasteiger partial charge in [-0.2, -0.15) is 5.10 Å². The summed E-state index contributed by atoms with van der Waals surface area (Å²) in [4.78, 5) is 14.2. The molecule has 6 nitrogen and oxygen atoms in total. The number of piperidine rings is 1. The van der Waals surface area contributed by atoms with Gasteiger partial charge in [-0.25, -0.2) is 0 Å². The summed E-state index contributed by atoms with van der Waals surface area (Å²) in [5.41, 5.74) is 5.65. The Morgan fingerprint density at radius 1 is 1.55 bits per heavy atom. The lowest BCUT2D eigenvalue weighted by molar-refractivity contribution is -0.126. The fourth-order valence-corrected chi connectivity index (χ4v) is 2.66. The first-order chi connectivity index (χ1) is 9.61. The van der Waals surface area contributed by atoms with Gasteiger partial charge in [0.05, 0.1) is 12.1 Å². The molecule has 1 aliphatic rings. The Kier molecular flexibility index (Phi) is 5.00. The van der Waals surface area contributed by atoms with E-state index in [1.54, 1.807) is 0 Å². The van der Waals surface area contributed by atoms with Gasteiger partial charge in [0, 0.05) is 25.8 Å². The van der Waals surface area contributed by atoms with E-state index in [9.17, 15) is 4.79 Å². The van der Waals surface area contributed by atoms with Crippen molar-refractivity contribution in [1.29, 1.82) is 0 Å². The maximum atomic E-state index is 12.0. The SMILES string of the molecule is CCCNC(=O)C(C)N1CCC(n2ccc(N)n2)CC1. The van der Waals surface area contributed by atoms with Crippen LogP contribution in [0, 0.1) is 0 Å². The van der Waals surface area contributed by atoms with E-state index in [4.69, 9.17) is 5.73 Å². The smallest absolute Gasteiger partial charge is 0.237 e. The summed E-state index contributed by atoms with van der Waals surface area (Å²) in [7, 11) is 0. The lowest BCUT2D eigenvalue weighted by atomic mass is 10.0. The van der Waals surface area contributed by atoms with E-state index in [1.165, 1.54) is 0 Å². The van der Waals surface area contributed by atoms with Crippen molar-refractivity contribution in [3.8, 4) is 0 Å². The molecular formula is C14H25N5O. The summed E-state index contributed by atoms with van der Waals surface area (Å²) in [6.07, 6.45) is 4.92. The number of amides is 1. The summed E-state index contributed by atoms with van der Waals surface area (Å²) in [6.45, 7) is 6.64. The summed E-state index contributed by atoms with van der Waals surface area (Å²) in [6, 6.07) is 2.17. The van der Waals surface area contributed by atoms with Crippen LogP contribution in [0.2, 0.25) is 0 Å². The Labute approximate surface area is 120 Å². The van der Waals surface area contributed by atoms with Gasteiger partial charge >= 0.3 is 0 Å². The maximum absolute atomic E-state index is 12.0. The molecule has 0 radical (unpaired) electrons. The van der Waals surface area contributed by atoms with Gasteiger partial charge in [-0.1, -0.05) is 6.92 Å². The van der Waals surface area contributed by atoms with Gasteiger partial charge in [0.2, 0.25) is 5.91 Å². The molecular weight excluding hydrogens is 254 g/mol. The van der Waals surface area contributed by atoms with E-state index >= 15 is 0 Å². The Hall–Kier alpha value is -1.56. The number of nitrogens with two attached hydrogens (primary N) is 1. The van der Waals surface area contributed by atoms with Crippen LogP contribution in [-0.2, 0) is 4.79 Å². The molecule has 1 unspecified atom stereocenters. The summed E-state index contributed by atoms with van der Waals surface area (Å²) in [5, 5.41) is 7.24. The molecule has 0 spiro atoms. The van der Waals surface area contributed by atoms with Crippen molar-refractivity contribution in [2.24, 2.45) is 0 Å². The van der Waals surface area contributed by atoms with Gasteiger partial charge in [-0.3, -0.25) is 14.4 Å². The number of carbonyl (C=O) groups is 1. The highest BCUT2D eigenvalue weighted by molar-refractivity contribution is 5.81. The molecule has 20 heavy (non-hydrogen) atoms. The minimum Gasteiger partial charge on any atom is -0.382 e. The highest BCUT2D eigenvalue weighted by Crippen LogP contribution is 2.23. The van der Waals surface area contributed by atoms with Crippen molar-refractivity contribution in [1.82, 2.24) is 20.0 Å². The van der Waals surface area contributed by atoms with Crippen molar-refractivity contribution in [2.45, 2.75) is 45.2 Å². The molecule has 3 N–H and O–H groups in total. The van der Waals surface area contributed by atoms with Gasteiger partial charge in [0.1, 0.15) is 5.82 Å². The standard InChI is InChI=1S/C14H25N5O/c1-3-7-16-14(20)11(2)18-8-4-12(5-9-18)19-10-6-13(15)17-19/h6,10-12H,3-5,7-9H2,1-2H3,(H2,15,17)(H,16,20). The third-order valence-corrected chi connectivity index (χ3v) is 3.98. The van der Waals surface area contributed by atoms with E-state index in [-0.39, 0.29) is 11.9 Å². The van der Waals surface area contributed by atoms with Crippen molar-refractivity contribution in [3.05, 3.63) is 12.3 Å². The Morgan fingerprint density at radius 3 is 2.80 bits per heavy atom. The first-order valence-electron chi connectivity index (χ1n) is 7.44. The summed E-state index contributed by atoms with van der Waals surface area (Å²) >= 11 is 0. The molecule has 0 aromatic carbocycles. The number of likely N-dealkylation sites (tertiary alicyclic amines) is 1. The monoisotopic (exact) mass is 279 g/mol. The normalized spacial score (nSPS) is 18.9. The maximum Gasteiger partial charge on any atom is 0.237 e. The average molecular weight is 279 g/mol. The van der Waals surface area contributed by atoms with Crippen LogP contribution in [0.25, 0.3) is 0 Å². The number of aromatic nitrogens is 2. The van der Waals surface area contributed by atoms with Gasteiger partial charge in [-0.05, 0) is 32.3 Å². The van der Waals surface area contributed by atoms with Crippen molar-refractivity contribution >= 4 is 11.7 Å². The second-order valence-electron chi connectivity index (χ2n) is 5.45. The molecule has 0 bridgehead atoms. The van der Waals surface area contributed by atoms with E-state index in [0.29, 0.717) is 11.9 Å². The van der Waals surface area contributed by atoms with Crippen LogP contribution in [0.1, 0.15) is 39.2 Å². The molecule has 2 rings (SSSR count). The van der Waals surface area contributed by atoms with Gasteiger partial charge in [-0.15, -0.1) is 0 Å². The number of hydrogen-bond acceptors (Lipinski definition) is 4. The van der Waals surface area contributed by atoms with E-state index in [0.717, 1.165) is 38.9 Å². The molecule has 1 amide bonds. The van der Waals surface area contributed by atoms with Crippen molar-refractivity contribution in [2.75, 3.05) is 25.4 Å². The lowest BCUT2D eigenvalue weighted by Gasteiger charge is -2.35. The third kappa shape index (κ3) is 3.50. The Bertz CT molecular complexity index is 437. The number of anilines is 1. The fraction of sp³-hybridized carbons (Fsp3) is 0.714. The second-order valence-corrected chi connectivity index (χ2v) is 5.45. The van der Waals surface area contributed by atoms with Crippen LogP contribution in [-0.4, -0.2) is 46.3 Å². The fourth-order valence-electron chi connectivity index (χ4n) is 2.66. The Morgan fingerprint density at radius 2 is 2.25 bits per heavy atom. The van der Waals surface area contributed by atoms with Crippen LogP contribution >= 0.6 is 0 Å². The number of rotatable bonds is 5. The number of nitrogens with one attached hydrogen (secondary N) is 1. The summed E-state index contributed by atoms with van der Waals surface area (Å²) in [5.74, 6) is 0.702. The molecule has 6 heteroatoms. The molecule has 0 aliphatic carbocycles. The van der Waals surface area contributed by atoms with Crippen molar-refractivity contribution in [3.63, 3.8) is 0 Å². The van der Waals surface area contributed by atoms with Crippen LogP contribution in [0.5, 0.6) is 0 Å². The highest BCUT2D eigenvalue weighted by Gasteiger charge is 2.27. The van der Waals surface area contributed by atoms with E-state index < -0.39 is 0 Å². The van der Waals surface area contributed by atoms with Crippen molar-refractivity contribution < 1.29 is 4.79 Å². The first-order valence-corrected chi connectivity index (χ1v) is 7.44. The van der Waals surface area contributed by atoms with E-state index in [2.05, 4.69) is 22.2 Å². The molecule has 112 valence electrons. The predicted molar refractivity (Wildman–Crippen MR) is 79.2 cm³/mol. The molecule has 1 aromatic heterocycles. The van der Waals surface area contributed by atoms with Crippen LogP contribution in [0.4, 0.5) is 5.82 Å². The molecule has 1 saturated heterocycles. The lowest BCUT2D eigenvalue weighted by Crippen LogP contribution is -2.48. The molecule has 1 aliphatic heterocycles. The minimum atomic E-state index is -0.0507. The second kappa shape index (κ2) is 6.74. The van der Waals surface area contributed by atoms with Gasteiger partial charge < -0.3 is 11.1 Å². The van der Waals surface area contributed by atoms with Gasteiger partial charge in [0.25, 0.3) is 0 Å². The third-order valence-electron chi connectivity index (χ3n) is 3.98. The molecule has 0 saturated carbocycles. The zero-order valence-corrected chi connectivity index (χ0v) is 12.4. The molecule has 1 aromatic rings. The summed E-state index contributed by atoms with van der Waals surface area (Å²) < 4.78 is 1.95. The number of nitrogen functional groups attached to an aromatic ring is 1. The van der Waals surface area contributed by atoms with Gasteiger partial charge in [0.15, 0.2) is 0 Å². The Balaban J connectivity index is 1.83. The van der Waals surface area contributed by atoms with E-state index in [1.807, 2.05) is 23.9 Å². The molecule has 1 fully saturated rings. The average Bonchev–Trinajstić information content (AvgIpc) is 2.90. The van der Waals surface area contributed by atoms with Crippen LogP contribution in [0.15, 0.2) is 12.3 Å². The quantitative estimate of drug-likeness (QED) is 0.843. The topological polar surface area (TPSA) is 76.2 Å². The number of hydrogen-bond donors (Lipinski definition) is 2. The highest BCUT2D eigenvalue weighted by atomic mass is 16.2. The molecule has 1 atom stereocenters. The van der Waals surface area contributed by atoms with Crippen LogP contribution < -0.4 is 11.1 Å². The zero-order chi connectivity index (χ0) is 14.5. The minimum absolute atomic E-state index is 0.0507. The zero-order valence-electron chi connectivity index (χ0n) is 12.4. The first kappa shape index (κ1) is 14.8. The largest absolute Gasteiger partial charge is 0.382 e. The number of nitrogens with zero attached hydrogens (tertiary/aromatic N) is 3.